The van der Waals surface area contributed by atoms with Crippen LogP contribution in [-0.2, 0) is 0 Å². The molecule has 1 aromatic rings. The molecule has 2 N–H and O–H groups in total. The van der Waals surface area contributed by atoms with Crippen LogP contribution in [0.3, 0.4) is 0 Å². The quantitative estimate of drug-likeness (QED) is 0.854. The lowest BCUT2D eigenvalue weighted by molar-refractivity contribution is 0.265. The predicted octanol–water partition coefficient (Wildman–Crippen LogP) is 1.81. The van der Waals surface area contributed by atoms with E-state index in [1.54, 1.807) is 11.3 Å². The van der Waals surface area contributed by atoms with Gasteiger partial charge in [-0.2, -0.15) is 0 Å². The van der Waals surface area contributed by atoms with Crippen molar-refractivity contribution in [1.29, 1.82) is 0 Å². The average molecular weight is 250 g/mol. The van der Waals surface area contributed by atoms with E-state index in [-0.39, 0.29) is 12.5 Å². The van der Waals surface area contributed by atoms with Gasteiger partial charge in [-0.25, -0.2) is 0 Å². The maximum Gasteiger partial charge on any atom is 0.0701 e. The van der Waals surface area contributed by atoms with Gasteiger partial charge in [0, 0.05) is 17.3 Å². The molecule has 1 atom stereocenters. The molecule has 0 aromatic carbocycles. The summed E-state index contributed by atoms with van der Waals surface area (Å²) in [5.41, 5.74) is 0. The number of aliphatic hydroxyl groups excluding tert-OH is 1. The SMILES string of the molecule is CNCC(CO)c1ccc(Br)s1. The Morgan fingerprint density at radius 2 is 2.42 bits per heavy atom. The zero-order valence-electron chi connectivity index (χ0n) is 6.88. The lowest BCUT2D eigenvalue weighted by Crippen LogP contribution is -2.19. The molecule has 12 heavy (non-hydrogen) atoms. The summed E-state index contributed by atoms with van der Waals surface area (Å²) >= 11 is 5.07. The normalized spacial score (nSPS) is 13.2. The molecule has 68 valence electrons. The molecule has 0 aliphatic carbocycles. The van der Waals surface area contributed by atoms with E-state index in [4.69, 9.17) is 5.11 Å². The van der Waals surface area contributed by atoms with Gasteiger partial charge < -0.3 is 10.4 Å². The van der Waals surface area contributed by atoms with E-state index in [1.807, 2.05) is 19.2 Å². The Morgan fingerprint density at radius 3 is 2.83 bits per heavy atom. The number of rotatable bonds is 4. The minimum atomic E-state index is 0.202. The molecular formula is C8H12BrNOS. The van der Waals surface area contributed by atoms with Gasteiger partial charge in [-0.05, 0) is 35.1 Å². The summed E-state index contributed by atoms with van der Waals surface area (Å²) < 4.78 is 1.12. The molecule has 0 aliphatic rings. The molecule has 0 bridgehead atoms. The summed E-state index contributed by atoms with van der Waals surface area (Å²) in [5, 5.41) is 12.1. The zero-order chi connectivity index (χ0) is 8.97. The van der Waals surface area contributed by atoms with Gasteiger partial charge >= 0.3 is 0 Å². The van der Waals surface area contributed by atoms with Crippen LogP contribution in [0.1, 0.15) is 10.8 Å². The summed E-state index contributed by atoms with van der Waals surface area (Å²) in [7, 11) is 1.89. The van der Waals surface area contributed by atoms with Crippen LogP contribution in [0.5, 0.6) is 0 Å². The maximum absolute atomic E-state index is 9.07. The highest BCUT2D eigenvalue weighted by molar-refractivity contribution is 9.11. The smallest absolute Gasteiger partial charge is 0.0701 e. The van der Waals surface area contributed by atoms with Crippen molar-refractivity contribution in [2.45, 2.75) is 5.92 Å². The Morgan fingerprint density at radius 1 is 1.67 bits per heavy atom. The molecule has 1 aromatic heterocycles. The van der Waals surface area contributed by atoms with Crippen molar-refractivity contribution >= 4 is 27.3 Å². The van der Waals surface area contributed by atoms with Crippen LogP contribution < -0.4 is 5.32 Å². The first kappa shape index (κ1) is 10.2. The van der Waals surface area contributed by atoms with Crippen molar-refractivity contribution in [2.24, 2.45) is 0 Å². The Kier molecular flexibility index (Phi) is 4.21. The van der Waals surface area contributed by atoms with Gasteiger partial charge in [0.05, 0.1) is 10.4 Å². The van der Waals surface area contributed by atoms with E-state index in [2.05, 4.69) is 21.2 Å². The number of thiophene rings is 1. The number of nitrogens with one attached hydrogen (secondary N) is 1. The lowest BCUT2D eigenvalue weighted by atomic mass is 10.1. The van der Waals surface area contributed by atoms with Crippen LogP contribution in [0, 0.1) is 0 Å². The Bertz CT molecular complexity index is 239. The standard InChI is InChI=1S/C8H12BrNOS/c1-10-4-6(5-11)7-2-3-8(9)12-7/h2-3,6,10-11H,4-5H2,1H3. The summed E-state index contributed by atoms with van der Waals surface area (Å²) in [6.07, 6.45) is 0. The van der Waals surface area contributed by atoms with Crippen molar-refractivity contribution in [3.8, 4) is 0 Å². The van der Waals surface area contributed by atoms with Crippen LogP contribution in [0.25, 0.3) is 0 Å². The van der Waals surface area contributed by atoms with Gasteiger partial charge in [-0.15, -0.1) is 11.3 Å². The molecule has 0 saturated carbocycles. The lowest BCUT2D eigenvalue weighted by Gasteiger charge is -2.10. The number of halogens is 1. The predicted molar refractivity (Wildman–Crippen MR) is 55.8 cm³/mol. The maximum atomic E-state index is 9.07. The first-order chi connectivity index (χ1) is 5.77. The minimum Gasteiger partial charge on any atom is -0.396 e. The van der Waals surface area contributed by atoms with Gasteiger partial charge in [0.2, 0.25) is 0 Å². The van der Waals surface area contributed by atoms with Crippen molar-refractivity contribution in [2.75, 3.05) is 20.2 Å². The molecule has 0 saturated heterocycles. The highest BCUT2D eigenvalue weighted by Crippen LogP contribution is 2.27. The molecule has 0 spiro atoms. The molecule has 4 heteroatoms. The molecule has 2 nitrogen and oxygen atoms in total. The Balaban J connectivity index is 2.66. The monoisotopic (exact) mass is 249 g/mol. The summed E-state index contributed by atoms with van der Waals surface area (Å²) in [4.78, 5) is 1.22. The van der Waals surface area contributed by atoms with Crippen molar-refractivity contribution in [3.63, 3.8) is 0 Å². The molecule has 0 aliphatic heterocycles. The summed E-state index contributed by atoms with van der Waals surface area (Å²) in [6, 6.07) is 4.06. The molecule has 0 amide bonds. The Labute approximate surface area is 84.7 Å². The van der Waals surface area contributed by atoms with E-state index >= 15 is 0 Å². The highest BCUT2D eigenvalue weighted by Gasteiger charge is 2.10. The third-order valence-electron chi connectivity index (χ3n) is 1.67. The topological polar surface area (TPSA) is 32.3 Å². The van der Waals surface area contributed by atoms with Gasteiger partial charge in [0.1, 0.15) is 0 Å². The van der Waals surface area contributed by atoms with Gasteiger partial charge in [-0.1, -0.05) is 0 Å². The average Bonchev–Trinajstić information content (AvgIpc) is 2.47. The zero-order valence-corrected chi connectivity index (χ0v) is 9.28. The Hall–Kier alpha value is 0.1000. The van der Waals surface area contributed by atoms with Crippen molar-refractivity contribution in [3.05, 3.63) is 20.8 Å². The van der Waals surface area contributed by atoms with E-state index in [1.165, 1.54) is 4.88 Å². The second-order valence-electron chi connectivity index (χ2n) is 2.58. The largest absolute Gasteiger partial charge is 0.396 e. The summed E-state index contributed by atoms with van der Waals surface area (Å²) in [6.45, 7) is 1.03. The minimum absolute atomic E-state index is 0.202. The number of aliphatic hydroxyl groups is 1. The van der Waals surface area contributed by atoms with Crippen LogP contribution in [0.2, 0.25) is 0 Å². The molecule has 0 fully saturated rings. The van der Waals surface area contributed by atoms with Crippen LogP contribution >= 0.6 is 27.3 Å². The van der Waals surface area contributed by atoms with Crippen molar-refractivity contribution in [1.82, 2.24) is 5.32 Å². The van der Waals surface area contributed by atoms with E-state index in [9.17, 15) is 0 Å². The van der Waals surface area contributed by atoms with Crippen LogP contribution in [0.15, 0.2) is 15.9 Å². The third-order valence-corrected chi connectivity index (χ3v) is 3.45. The fraction of sp³-hybridized carbons (Fsp3) is 0.500. The third kappa shape index (κ3) is 2.55. The first-order valence-corrected chi connectivity index (χ1v) is 5.39. The summed E-state index contributed by atoms with van der Waals surface area (Å²) in [5.74, 6) is 0.228. The number of hydrogen-bond acceptors (Lipinski definition) is 3. The van der Waals surface area contributed by atoms with Crippen molar-refractivity contribution < 1.29 is 5.11 Å². The van der Waals surface area contributed by atoms with Gasteiger partial charge in [0.15, 0.2) is 0 Å². The highest BCUT2D eigenvalue weighted by atomic mass is 79.9. The fourth-order valence-electron chi connectivity index (χ4n) is 1.05. The second kappa shape index (κ2) is 4.97. The first-order valence-electron chi connectivity index (χ1n) is 3.78. The van der Waals surface area contributed by atoms with E-state index in [0.29, 0.717) is 0 Å². The van der Waals surface area contributed by atoms with E-state index < -0.39 is 0 Å². The van der Waals surface area contributed by atoms with Gasteiger partial charge in [0.25, 0.3) is 0 Å². The molecular weight excluding hydrogens is 238 g/mol. The molecule has 1 rings (SSSR count). The van der Waals surface area contributed by atoms with Gasteiger partial charge in [-0.3, -0.25) is 0 Å². The molecule has 0 radical (unpaired) electrons. The van der Waals surface area contributed by atoms with Crippen LogP contribution in [0.4, 0.5) is 0 Å². The number of hydrogen-bond donors (Lipinski definition) is 2. The fourth-order valence-corrected chi connectivity index (χ4v) is 2.56. The number of likely N-dealkylation sites (N-methyl/N-ethyl adjacent to an activating group) is 1. The van der Waals surface area contributed by atoms with Crippen LogP contribution in [-0.4, -0.2) is 25.3 Å². The van der Waals surface area contributed by atoms with E-state index in [0.717, 1.165) is 10.3 Å². The second-order valence-corrected chi connectivity index (χ2v) is 5.07. The molecule has 1 unspecified atom stereocenters. The molecule has 1 heterocycles.